The molecule has 0 radical (unpaired) electrons. The Kier molecular flexibility index (Phi) is 53100. The van der Waals surface area contributed by atoms with E-state index in [1.807, 2.05) is 0 Å². The van der Waals surface area contributed by atoms with Crippen molar-refractivity contribution in [1.82, 2.24) is 0 Å². The molecule has 0 spiro atoms. The van der Waals surface area contributed by atoms with Gasteiger partial charge in [0.1, 0.15) is 0 Å². The Morgan fingerprint density at radius 2 is 0.833 bits per heavy atom. The Bertz CT molecular complexity index is 7.51. The topological polar surface area (TPSA) is 0 Å². The van der Waals surface area contributed by atoms with Crippen molar-refractivity contribution in [1.29, 1.82) is 0 Å². The van der Waals surface area contributed by atoms with Crippen molar-refractivity contribution in [3.05, 3.63) is 0 Å². The van der Waals surface area contributed by atoms with Crippen molar-refractivity contribution >= 4 is 8.41 Å². The molecule has 0 bridgehead atoms. The lowest BCUT2D eigenvalue weighted by Gasteiger charge is -1.10. The number of hydrogen-bond acceptors (Lipinski definition) is 0. The van der Waals surface area contributed by atoms with Crippen LogP contribution in [0, 0.1) is 0 Å². The van der Waals surface area contributed by atoms with Crippen LogP contribution >= 0.6 is 0 Å². The Labute approximate surface area is 35.4 Å². The van der Waals surface area contributed by atoms with Crippen molar-refractivity contribution in [3.63, 3.8) is 0 Å². The summed E-state index contributed by atoms with van der Waals surface area (Å²) < 4.78 is 9.50. The third-order valence-electron chi connectivity index (χ3n) is 0. The zero-order chi connectivity index (χ0) is 2.00. The summed E-state index contributed by atoms with van der Waals surface area (Å²) >= 11 is 0. The van der Waals surface area contributed by atoms with Gasteiger partial charge < -0.3 is 0 Å². The summed E-state index contributed by atoms with van der Waals surface area (Å²) in [6.07, 6.45) is 0. The molecule has 0 atom stereocenters. The minimum atomic E-state index is 0. The molecule has 0 heterocycles. The molecule has 0 amide bonds. The third-order valence-corrected chi connectivity index (χ3v) is 0. The normalized spacial score (nSPS) is 1.00. The number of alkyl halides is 1. The predicted molar refractivity (Wildman–Crippen MR) is 24.5 cm³/mol. The molecular formula is CH9BF4. The van der Waals surface area contributed by atoms with Gasteiger partial charge in [-0.2, -0.15) is 0 Å². The highest BCUT2D eigenvalue weighted by Gasteiger charge is 0.926. The van der Waals surface area contributed by atoms with E-state index in [0.29, 0.717) is 7.18 Å². The van der Waals surface area contributed by atoms with Gasteiger partial charge in [0.2, 0.25) is 0 Å². The molecule has 0 aromatic heterocycles. The summed E-state index contributed by atoms with van der Waals surface area (Å²) in [6.45, 7) is 0. The maximum atomic E-state index is 9.50. The molecule has 0 aliphatic heterocycles. The zero-order valence-corrected chi connectivity index (χ0v) is 2.60. The van der Waals surface area contributed by atoms with Gasteiger partial charge in [-0.05, 0) is 0 Å². The van der Waals surface area contributed by atoms with E-state index < -0.39 is 0 Å². The number of halogens is 4. The summed E-state index contributed by atoms with van der Waals surface area (Å²) in [5, 5.41) is 0. The standard InChI is InChI=1S/CH3F.BH3.3FH/c1-2;;;;/h1H3;1H3;3*1H. The molecule has 44 valence electrons. The van der Waals surface area contributed by atoms with Crippen LogP contribution in [0.2, 0.25) is 0 Å². The van der Waals surface area contributed by atoms with Crippen LogP contribution in [0.3, 0.4) is 0 Å². The van der Waals surface area contributed by atoms with Crippen molar-refractivity contribution in [3.8, 4) is 0 Å². The lowest BCUT2D eigenvalue weighted by molar-refractivity contribution is 0.636. The lowest BCUT2D eigenvalue weighted by atomic mass is 10.8. The Hall–Kier alpha value is -0.215. The first-order valence-electron chi connectivity index (χ1n) is 0.378. The first-order chi connectivity index (χ1) is 1.00. The van der Waals surface area contributed by atoms with Crippen LogP contribution in [0.1, 0.15) is 0 Å². The molecule has 5 heteroatoms. The van der Waals surface area contributed by atoms with E-state index in [1.54, 1.807) is 0 Å². The van der Waals surface area contributed by atoms with E-state index in [0.717, 1.165) is 0 Å². The lowest BCUT2D eigenvalue weighted by Crippen LogP contribution is -0.939. The van der Waals surface area contributed by atoms with Gasteiger partial charge in [-0.15, -0.1) is 0 Å². The van der Waals surface area contributed by atoms with Gasteiger partial charge in [0, 0.05) is 0 Å². The highest BCUT2D eigenvalue weighted by Crippen LogP contribution is 1.16. The molecule has 0 N–H and O–H groups in total. The minimum absolute atomic E-state index is 0. The summed E-state index contributed by atoms with van der Waals surface area (Å²) in [5.74, 6) is 0. The molecule has 0 aromatic rings. The summed E-state index contributed by atoms with van der Waals surface area (Å²) in [7, 11) is 0.500. The second-order valence-electron chi connectivity index (χ2n) is 0. The number of hydrogen-bond donors (Lipinski definition) is 0. The molecule has 0 rings (SSSR count). The van der Waals surface area contributed by atoms with Crippen LogP contribution in [-0.4, -0.2) is 15.6 Å². The van der Waals surface area contributed by atoms with Crippen LogP contribution in [0.25, 0.3) is 0 Å². The van der Waals surface area contributed by atoms with Crippen molar-refractivity contribution in [2.24, 2.45) is 0 Å². The smallest absolute Gasteiger partial charge is 0.0814 e. The first kappa shape index (κ1) is 215. The second-order valence-corrected chi connectivity index (χ2v) is 0. The monoisotopic (exact) mass is 108 g/mol. The molecular weight excluding hydrogens is 98.8 g/mol. The molecule has 0 saturated carbocycles. The Morgan fingerprint density at radius 3 is 0.833 bits per heavy atom. The van der Waals surface area contributed by atoms with E-state index in [9.17, 15) is 4.39 Å². The Morgan fingerprint density at radius 1 is 0.833 bits per heavy atom. The zero-order valence-electron chi connectivity index (χ0n) is 2.60. The van der Waals surface area contributed by atoms with Crippen LogP contribution in [-0.2, 0) is 0 Å². The van der Waals surface area contributed by atoms with Gasteiger partial charge in [0.25, 0.3) is 0 Å². The van der Waals surface area contributed by atoms with Gasteiger partial charge in [-0.3, -0.25) is 18.5 Å². The van der Waals surface area contributed by atoms with E-state index in [2.05, 4.69) is 0 Å². The van der Waals surface area contributed by atoms with Crippen LogP contribution in [0.4, 0.5) is 18.5 Å². The van der Waals surface area contributed by atoms with Crippen LogP contribution in [0.15, 0.2) is 0 Å². The third kappa shape index (κ3) is 635. The van der Waals surface area contributed by atoms with E-state index in [1.165, 1.54) is 0 Å². The largest absolute Gasteiger partial charge is 0.269 e. The van der Waals surface area contributed by atoms with Gasteiger partial charge >= 0.3 is 0 Å². The quantitative estimate of drug-likeness (QED) is 0.299. The average molecular weight is 108 g/mol. The SMILES string of the molecule is B.CF.F.F.F. The molecule has 0 fully saturated rings. The molecule has 0 unspecified atom stereocenters. The van der Waals surface area contributed by atoms with E-state index in [-0.39, 0.29) is 22.5 Å². The van der Waals surface area contributed by atoms with Crippen molar-refractivity contribution in [2.75, 3.05) is 7.18 Å². The van der Waals surface area contributed by atoms with Gasteiger partial charge in [0.05, 0.1) is 15.6 Å². The predicted octanol–water partition coefficient (Wildman–Crippen LogP) is -0.141. The molecule has 0 aliphatic rings. The van der Waals surface area contributed by atoms with Gasteiger partial charge in [-0.25, -0.2) is 0 Å². The first-order valence-corrected chi connectivity index (χ1v) is 0.378. The van der Waals surface area contributed by atoms with Crippen LogP contribution < -0.4 is 0 Å². The summed E-state index contributed by atoms with van der Waals surface area (Å²) in [6, 6.07) is 0. The van der Waals surface area contributed by atoms with Crippen molar-refractivity contribution in [2.45, 2.75) is 0 Å². The molecule has 6 heavy (non-hydrogen) atoms. The van der Waals surface area contributed by atoms with E-state index in [4.69, 9.17) is 0 Å². The molecule has 0 aliphatic carbocycles. The second kappa shape index (κ2) is 1480. The molecule has 0 nitrogen and oxygen atoms in total. The Balaban J connectivity index is -0.000000000833. The fraction of sp³-hybridized carbons (Fsp3) is 1.00. The minimum Gasteiger partial charge on any atom is -0.269 e. The summed E-state index contributed by atoms with van der Waals surface area (Å²) in [4.78, 5) is 0. The van der Waals surface area contributed by atoms with Crippen molar-refractivity contribution < 1.29 is 18.5 Å². The molecule has 0 aromatic carbocycles. The fourth-order valence-corrected chi connectivity index (χ4v) is 0. The average Bonchev–Trinajstić information content (AvgIpc) is 1.00. The van der Waals surface area contributed by atoms with Gasteiger partial charge in [0.15, 0.2) is 0 Å². The number of rotatable bonds is 0. The summed E-state index contributed by atoms with van der Waals surface area (Å²) in [5.41, 5.74) is 0. The highest BCUT2D eigenvalue weighted by molar-refractivity contribution is 5.75. The molecule has 0 saturated heterocycles. The maximum absolute atomic E-state index is 9.50. The fourth-order valence-electron chi connectivity index (χ4n) is 0. The highest BCUT2D eigenvalue weighted by atomic mass is 19.1. The van der Waals surface area contributed by atoms with Crippen LogP contribution in [0.5, 0.6) is 0 Å². The van der Waals surface area contributed by atoms with E-state index >= 15 is 0 Å². The van der Waals surface area contributed by atoms with Gasteiger partial charge in [-0.1, -0.05) is 0 Å². The maximum Gasteiger partial charge on any atom is 0.0814 e.